The second-order valence-electron chi connectivity index (χ2n) is 7.04. The SMILES string of the molecule is COCCn1c(CCCCCNC(=O)c2ccccc2C)nc2ccccc21. The number of nitrogens with one attached hydrogen (secondary N) is 1. The molecule has 1 N–H and O–H groups in total. The predicted octanol–water partition coefficient (Wildman–Crippen LogP) is 4.13. The van der Waals surface area contributed by atoms with Crippen molar-refractivity contribution in [2.75, 3.05) is 20.3 Å². The number of aromatic nitrogens is 2. The Balaban J connectivity index is 1.46. The van der Waals surface area contributed by atoms with Crippen LogP contribution in [0, 0.1) is 6.92 Å². The Kier molecular flexibility index (Phi) is 7.20. The van der Waals surface area contributed by atoms with E-state index in [1.54, 1.807) is 7.11 Å². The molecule has 0 spiro atoms. The molecule has 0 bridgehead atoms. The van der Waals surface area contributed by atoms with Crippen LogP contribution in [0.1, 0.15) is 41.0 Å². The summed E-state index contributed by atoms with van der Waals surface area (Å²) >= 11 is 0. The normalized spacial score (nSPS) is 11.1. The Morgan fingerprint density at radius 1 is 1.07 bits per heavy atom. The largest absolute Gasteiger partial charge is 0.383 e. The highest BCUT2D eigenvalue weighted by molar-refractivity contribution is 5.95. The van der Waals surface area contributed by atoms with Crippen molar-refractivity contribution in [3.63, 3.8) is 0 Å². The summed E-state index contributed by atoms with van der Waals surface area (Å²) in [6.07, 6.45) is 4.01. The molecule has 0 fully saturated rings. The van der Waals surface area contributed by atoms with E-state index in [-0.39, 0.29) is 5.91 Å². The van der Waals surface area contributed by atoms with Crippen molar-refractivity contribution in [1.29, 1.82) is 0 Å². The van der Waals surface area contributed by atoms with Gasteiger partial charge in [0, 0.05) is 32.2 Å². The van der Waals surface area contributed by atoms with E-state index in [2.05, 4.69) is 22.0 Å². The topological polar surface area (TPSA) is 56.1 Å². The van der Waals surface area contributed by atoms with Crippen LogP contribution in [0.4, 0.5) is 0 Å². The lowest BCUT2D eigenvalue weighted by Crippen LogP contribution is -2.25. The number of unbranched alkanes of at least 4 members (excludes halogenated alkanes) is 2. The first kappa shape index (κ1) is 20.1. The molecule has 0 aliphatic carbocycles. The molecule has 0 saturated carbocycles. The Morgan fingerprint density at radius 2 is 1.86 bits per heavy atom. The van der Waals surface area contributed by atoms with E-state index >= 15 is 0 Å². The zero-order valence-electron chi connectivity index (χ0n) is 16.8. The molecule has 0 unspecified atom stereocenters. The summed E-state index contributed by atoms with van der Waals surface area (Å²) in [4.78, 5) is 17.0. The van der Waals surface area contributed by atoms with E-state index in [4.69, 9.17) is 9.72 Å². The summed E-state index contributed by atoms with van der Waals surface area (Å²) in [5, 5.41) is 3.02. The molecule has 3 aromatic rings. The van der Waals surface area contributed by atoms with Crippen LogP contribution in [-0.4, -0.2) is 35.7 Å². The highest BCUT2D eigenvalue weighted by Gasteiger charge is 2.10. The molecule has 0 atom stereocenters. The molecule has 1 aromatic heterocycles. The predicted molar refractivity (Wildman–Crippen MR) is 113 cm³/mol. The number of rotatable bonds is 10. The molecule has 28 heavy (non-hydrogen) atoms. The minimum Gasteiger partial charge on any atom is -0.383 e. The number of nitrogens with zero attached hydrogens (tertiary/aromatic N) is 2. The number of imidazole rings is 1. The summed E-state index contributed by atoms with van der Waals surface area (Å²) in [5.74, 6) is 1.13. The fourth-order valence-corrected chi connectivity index (χ4v) is 3.46. The number of hydrogen-bond donors (Lipinski definition) is 1. The Bertz CT molecular complexity index is 917. The number of ether oxygens (including phenoxy) is 1. The average molecular weight is 380 g/mol. The smallest absolute Gasteiger partial charge is 0.251 e. The van der Waals surface area contributed by atoms with Crippen molar-refractivity contribution in [2.45, 2.75) is 39.2 Å². The third-order valence-corrected chi connectivity index (χ3v) is 5.01. The van der Waals surface area contributed by atoms with E-state index in [1.165, 1.54) is 5.52 Å². The molecular formula is C23H29N3O2. The Labute approximate surface area is 166 Å². The number of hydrogen-bond acceptors (Lipinski definition) is 3. The quantitative estimate of drug-likeness (QED) is 0.539. The number of amides is 1. The first-order valence-electron chi connectivity index (χ1n) is 9.97. The number of fused-ring (bicyclic) bond motifs is 1. The van der Waals surface area contributed by atoms with E-state index < -0.39 is 0 Å². The Hall–Kier alpha value is -2.66. The number of benzene rings is 2. The molecule has 0 saturated heterocycles. The third-order valence-electron chi connectivity index (χ3n) is 5.01. The van der Waals surface area contributed by atoms with Crippen molar-refractivity contribution in [3.8, 4) is 0 Å². The monoisotopic (exact) mass is 379 g/mol. The van der Waals surface area contributed by atoms with Crippen LogP contribution in [-0.2, 0) is 17.7 Å². The summed E-state index contributed by atoms with van der Waals surface area (Å²) in [6.45, 7) is 4.16. The van der Waals surface area contributed by atoms with Crippen LogP contribution in [0.2, 0.25) is 0 Å². The minimum absolute atomic E-state index is 0.0134. The highest BCUT2D eigenvalue weighted by Crippen LogP contribution is 2.18. The van der Waals surface area contributed by atoms with Crippen molar-refractivity contribution >= 4 is 16.9 Å². The fourth-order valence-electron chi connectivity index (χ4n) is 3.46. The van der Waals surface area contributed by atoms with Crippen LogP contribution in [0.5, 0.6) is 0 Å². The van der Waals surface area contributed by atoms with Crippen molar-refractivity contribution in [2.24, 2.45) is 0 Å². The lowest BCUT2D eigenvalue weighted by Gasteiger charge is -2.09. The van der Waals surface area contributed by atoms with Gasteiger partial charge >= 0.3 is 0 Å². The van der Waals surface area contributed by atoms with Crippen LogP contribution in [0.25, 0.3) is 11.0 Å². The molecule has 0 radical (unpaired) electrons. The summed E-state index contributed by atoms with van der Waals surface area (Å²) < 4.78 is 7.52. The van der Waals surface area contributed by atoms with Gasteiger partial charge in [0.05, 0.1) is 17.6 Å². The van der Waals surface area contributed by atoms with Gasteiger partial charge in [-0.2, -0.15) is 0 Å². The first-order chi connectivity index (χ1) is 13.7. The summed E-state index contributed by atoms with van der Waals surface area (Å²) in [7, 11) is 1.73. The number of aryl methyl sites for hydroxylation is 2. The van der Waals surface area contributed by atoms with Crippen LogP contribution in [0.15, 0.2) is 48.5 Å². The van der Waals surface area contributed by atoms with Crippen molar-refractivity contribution < 1.29 is 9.53 Å². The van der Waals surface area contributed by atoms with Crippen LogP contribution in [0.3, 0.4) is 0 Å². The third kappa shape index (κ3) is 4.98. The van der Waals surface area contributed by atoms with E-state index in [1.807, 2.05) is 43.3 Å². The number of carbonyl (C=O) groups is 1. The van der Waals surface area contributed by atoms with Gasteiger partial charge in [-0.05, 0) is 43.5 Å². The van der Waals surface area contributed by atoms with Crippen LogP contribution >= 0.6 is 0 Å². The lowest BCUT2D eigenvalue weighted by atomic mass is 10.1. The highest BCUT2D eigenvalue weighted by atomic mass is 16.5. The van der Waals surface area contributed by atoms with Gasteiger partial charge in [-0.3, -0.25) is 4.79 Å². The van der Waals surface area contributed by atoms with E-state index in [9.17, 15) is 4.79 Å². The minimum atomic E-state index is 0.0134. The fraction of sp³-hybridized carbons (Fsp3) is 0.391. The lowest BCUT2D eigenvalue weighted by molar-refractivity contribution is 0.0952. The molecule has 148 valence electrons. The number of para-hydroxylation sites is 2. The number of carbonyl (C=O) groups excluding carboxylic acids is 1. The molecule has 1 amide bonds. The van der Waals surface area contributed by atoms with Gasteiger partial charge in [-0.15, -0.1) is 0 Å². The molecule has 5 nitrogen and oxygen atoms in total. The maximum absolute atomic E-state index is 12.2. The zero-order chi connectivity index (χ0) is 19.8. The van der Waals surface area contributed by atoms with Gasteiger partial charge in [-0.25, -0.2) is 4.98 Å². The first-order valence-corrected chi connectivity index (χ1v) is 9.97. The van der Waals surface area contributed by atoms with Crippen molar-refractivity contribution in [3.05, 3.63) is 65.5 Å². The van der Waals surface area contributed by atoms with Crippen LogP contribution < -0.4 is 5.32 Å². The average Bonchev–Trinajstić information content (AvgIpc) is 3.06. The van der Waals surface area contributed by atoms with E-state index in [0.29, 0.717) is 13.2 Å². The standard InChI is InChI=1S/C23H29N3O2/c1-18-10-5-6-11-19(18)23(27)24-15-9-3-4-14-22-25-20-12-7-8-13-21(20)26(22)16-17-28-2/h5-8,10-13H,3-4,9,14-17H2,1-2H3,(H,24,27). The van der Waals surface area contributed by atoms with Gasteiger partial charge < -0.3 is 14.6 Å². The van der Waals surface area contributed by atoms with Crippen molar-refractivity contribution in [1.82, 2.24) is 14.9 Å². The Morgan fingerprint density at radius 3 is 2.68 bits per heavy atom. The van der Waals surface area contributed by atoms with E-state index in [0.717, 1.165) is 54.7 Å². The molecule has 3 rings (SSSR count). The molecular weight excluding hydrogens is 350 g/mol. The zero-order valence-corrected chi connectivity index (χ0v) is 16.8. The van der Waals surface area contributed by atoms with Gasteiger partial charge in [-0.1, -0.05) is 36.8 Å². The van der Waals surface area contributed by atoms with Gasteiger partial charge in [0.1, 0.15) is 5.82 Å². The summed E-state index contributed by atoms with van der Waals surface area (Å²) in [6, 6.07) is 15.9. The molecule has 2 aromatic carbocycles. The summed E-state index contributed by atoms with van der Waals surface area (Å²) in [5.41, 5.74) is 3.98. The second-order valence-corrected chi connectivity index (χ2v) is 7.04. The molecule has 5 heteroatoms. The maximum Gasteiger partial charge on any atom is 0.251 e. The number of methoxy groups -OCH3 is 1. The van der Waals surface area contributed by atoms with Gasteiger partial charge in [0.25, 0.3) is 5.91 Å². The molecule has 0 aliphatic heterocycles. The maximum atomic E-state index is 12.2. The molecule has 0 aliphatic rings. The van der Waals surface area contributed by atoms with Gasteiger partial charge in [0.2, 0.25) is 0 Å². The molecule has 1 heterocycles. The second kappa shape index (κ2) is 10.0. The van der Waals surface area contributed by atoms with Gasteiger partial charge in [0.15, 0.2) is 0 Å².